The molecule has 0 aliphatic rings. The first-order valence-electron chi connectivity index (χ1n) is 4.35. The van der Waals surface area contributed by atoms with Gasteiger partial charge in [-0.25, -0.2) is 9.59 Å². The minimum Gasteiger partial charge on any atom is -0.462 e. The van der Waals surface area contributed by atoms with Crippen molar-refractivity contribution >= 4 is 12.0 Å². The van der Waals surface area contributed by atoms with E-state index >= 15 is 0 Å². The maximum absolute atomic E-state index is 11.0. The molecule has 0 saturated heterocycles. The summed E-state index contributed by atoms with van der Waals surface area (Å²) in [5, 5.41) is 0. The van der Waals surface area contributed by atoms with Crippen LogP contribution in [0.4, 0.5) is 4.79 Å². The lowest BCUT2D eigenvalue weighted by Gasteiger charge is -1.99. The van der Waals surface area contributed by atoms with E-state index in [1.54, 1.807) is 19.1 Å². The van der Waals surface area contributed by atoms with Crippen LogP contribution in [0.15, 0.2) is 30.3 Å². The van der Waals surface area contributed by atoms with Gasteiger partial charge in [0.2, 0.25) is 0 Å². The number of carbonyl (C=O) groups excluding carboxylic acids is 2. The molecule has 0 spiro atoms. The highest BCUT2D eigenvalue weighted by Gasteiger charge is 2.02. The van der Waals surface area contributed by atoms with Crippen LogP contribution in [0.5, 0.6) is 0 Å². The Labute approximate surface area is 88.0 Å². The third-order valence-corrected chi connectivity index (χ3v) is 1.28. The number of ether oxygens (including phenoxy) is 1. The molecule has 1 aromatic rings. The Hall–Kier alpha value is -2.04. The summed E-state index contributed by atoms with van der Waals surface area (Å²) in [5.41, 5.74) is 9.11. The molecule has 82 valence electrons. The summed E-state index contributed by atoms with van der Waals surface area (Å²) < 4.78 is 4.79. The molecule has 0 bridgehead atoms. The summed E-state index contributed by atoms with van der Waals surface area (Å²) in [6, 6.07) is 8.12. The second-order valence-corrected chi connectivity index (χ2v) is 2.49. The van der Waals surface area contributed by atoms with Crippen molar-refractivity contribution in [3.8, 4) is 0 Å². The van der Waals surface area contributed by atoms with E-state index < -0.39 is 6.03 Å². The molecule has 0 heterocycles. The van der Waals surface area contributed by atoms with Crippen LogP contribution in [0, 0.1) is 0 Å². The van der Waals surface area contributed by atoms with Crippen molar-refractivity contribution in [3.63, 3.8) is 0 Å². The minimum atomic E-state index is -0.833. The number of hydrogen-bond donors (Lipinski definition) is 2. The summed E-state index contributed by atoms with van der Waals surface area (Å²) in [6.07, 6.45) is 0. The number of amides is 2. The second kappa shape index (κ2) is 7.37. The standard InChI is InChI=1S/C9H10O2.CH4N2O/c1-2-11-9(10)8-6-4-3-5-7-8;2-1(3)4/h3-7H,2H2,1H3;(H4,2,3,4). The molecule has 0 aliphatic heterocycles. The van der Waals surface area contributed by atoms with Gasteiger partial charge in [-0.2, -0.15) is 0 Å². The number of rotatable bonds is 2. The van der Waals surface area contributed by atoms with Gasteiger partial charge in [0.25, 0.3) is 0 Å². The van der Waals surface area contributed by atoms with Gasteiger partial charge in [-0.1, -0.05) is 18.2 Å². The van der Waals surface area contributed by atoms with E-state index in [0.29, 0.717) is 12.2 Å². The molecule has 5 nitrogen and oxygen atoms in total. The largest absolute Gasteiger partial charge is 0.462 e. The van der Waals surface area contributed by atoms with Gasteiger partial charge in [-0.3, -0.25) is 0 Å². The van der Waals surface area contributed by atoms with Gasteiger partial charge >= 0.3 is 12.0 Å². The summed E-state index contributed by atoms with van der Waals surface area (Å²) in [5.74, 6) is -0.256. The van der Waals surface area contributed by atoms with Gasteiger partial charge in [-0.15, -0.1) is 0 Å². The summed E-state index contributed by atoms with van der Waals surface area (Å²) in [7, 11) is 0. The zero-order valence-electron chi connectivity index (χ0n) is 8.47. The normalized spacial score (nSPS) is 8.33. The van der Waals surface area contributed by atoms with Crippen LogP contribution in [-0.2, 0) is 4.74 Å². The lowest BCUT2D eigenvalue weighted by molar-refractivity contribution is 0.0526. The van der Waals surface area contributed by atoms with E-state index in [1.807, 2.05) is 18.2 Å². The SMILES string of the molecule is CCOC(=O)c1ccccc1.NC(N)=O. The van der Waals surface area contributed by atoms with Crippen LogP contribution in [0.2, 0.25) is 0 Å². The van der Waals surface area contributed by atoms with Crippen molar-refractivity contribution < 1.29 is 14.3 Å². The number of benzene rings is 1. The molecule has 1 rings (SSSR count). The van der Waals surface area contributed by atoms with E-state index in [4.69, 9.17) is 9.53 Å². The van der Waals surface area contributed by atoms with Crippen molar-refractivity contribution in [1.29, 1.82) is 0 Å². The topological polar surface area (TPSA) is 95.4 Å². The lowest BCUT2D eigenvalue weighted by Crippen LogP contribution is -2.18. The van der Waals surface area contributed by atoms with Gasteiger partial charge in [-0.05, 0) is 19.1 Å². The quantitative estimate of drug-likeness (QED) is 0.709. The first-order chi connectivity index (χ1) is 7.07. The van der Waals surface area contributed by atoms with E-state index in [-0.39, 0.29) is 5.97 Å². The molecule has 2 amide bonds. The maximum atomic E-state index is 11.0. The second-order valence-electron chi connectivity index (χ2n) is 2.49. The molecule has 15 heavy (non-hydrogen) atoms. The molecule has 0 saturated carbocycles. The first-order valence-corrected chi connectivity index (χ1v) is 4.35. The number of esters is 1. The van der Waals surface area contributed by atoms with Gasteiger partial charge in [0.1, 0.15) is 0 Å². The van der Waals surface area contributed by atoms with Crippen LogP contribution in [-0.4, -0.2) is 18.6 Å². The molecule has 0 aromatic heterocycles. The molecule has 1 aromatic carbocycles. The molecule has 0 aliphatic carbocycles. The number of nitrogens with two attached hydrogens (primary N) is 2. The predicted molar refractivity (Wildman–Crippen MR) is 56.2 cm³/mol. The van der Waals surface area contributed by atoms with Crippen molar-refractivity contribution in [3.05, 3.63) is 35.9 Å². The summed E-state index contributed by atoms with van der Waals surface area (Å²) in [6.45, 7) is 2.22. The Balaban J connectivity index is 0.000000423. The Morgan fingerprint density at radius 3 is 2.07 bits per heavy atom. The van der Waals surface area contributed by atoms with E-state index in [1.165, 1.54) is 0 Å². The molecule has 0 unspecified atom stereocenters. The van der Waals surface area contributed by atoms with Crippen molar-refractivity contribution in [2.75, 3.05) is 6.61 Å². The number of primary amides is 2. The Bertz CT molecular complexity index is 308. The smallest absolute Gasteiger partial charge is 0.338 e. The van der Waals surface area contributed by atoms with Crippen LogP contribution in [0.1, 0.15) is 17.3 Å². The van der Waals surface area contributed by atoms with Crippen molar-refractivity contribution in [1.82, 2.24) is 0 Å². The molecule has 0 fully saturated rings. The molecular formula is C10H14N2O3. The van der Waals surface area contributed by atoms with Crippen LogP contribution >= 0.6 is 0 Å². The van der Waals surface area contributed by atoms with E-state index in [0.717, 1.165) is 0 Å². The van der Waals surface area contributed by atoms with Crippen LogP contribution in [0.3, 0.4) is 0 Å². The van der Waals surface area contributed by atoms with Crippen LogP contribution < -0.4 is 11.5 Å². The lowest BCUT2D eigenvalue weighted by atomic mass is 10.2. The molecule has 4 N–H and O–H groups in total. The summed E-state index contributed by atoms with van der Waals surface area (Å²) in [4.78, 5) is 20.0. The molecule has 0 radical (unpaired) electrons. The maximum Gasteiger partial charge on any atom is 0.338 e. The summed E-state index contributed by atoms with van der Waals surface area (Å²) >= 11 is 0. The molecule has 5 heteroatoms. The fourth-order valence-electron chi connectivity index (χ4n) is 0.789. The molecule has 0 atom stereocenters. The highest BCUT2D eigenvalue weighted by Crippen LogP contribution is 1.99. The zero-order valence-corrected chi connectivity index (χ0v) is 8.47. The third-order valence-electron chi connectivity index (χ3n) is 1.28. The zero-order chi connectivity index (χ0) is 11.7. The van der Waals surface area contributed by atoms with Gasteiger partial charge in [0.15, 0.2) is 0 Å². The Kier molecular flexibility index (Phi) is 6.37. The fraction of sp³-hybridized carbons (Fsp3) is 0.200. The van der Waals surface area contributed by atoms with Crippen LogP contribution in [0.25, 0.3) is 0 Å². The number of urea groups is 1. The minimum absolute atomic E-state index is 0.256. The van der Waals surface area contributed by atoms with Crippen molar-refractivity contribution in [2.45, 2.75) is 6.92 Å². The van der Waals surface area contributed by atoms with Gasteiger partial charge in [0.05, 0.1) is 12.2 Å². The third kappa shape index (κ3) is 7.06. The van der Waals surface area contributed by atoms with Gasteiger partial charge < -0.3 is 16.2 Å². The monoisotopic (exact) mass is 210 g/mol. The average molecular weight is 210 g/mol. The fourth-order valence-corrected chi connectivity index (χ4v) is 0.789. The van der Waals surface area contributed by atoms with Gasteiger partial charge in [0, 0.05) is 0 Å². The highest BCUT2D eigenvalue weighted by molar-refractivity contribution is 5.89. The molecular weight excluding hydrogens is 196 g/mol. The van der Waals surface area contributed by atoms with Crippen molar-refractivity contribution in [2.24, 2.45) is 11.5 Å². The predicted octanol–water partition coefficient (Wildman–Crippen LogP) is 0.887. The van der Waals surface area contributed by atoms with E-state index in [2.05, 4.69) is 11.5 Å². The highest BCUT2D eigenvalue weighted by atomic mass is 16.5. The van der Waals surface area contributed by atoms with E-state index in [9.17, 15) is 4.79 Å². The number of hydrogen-bond acceptors (Lipinski definition) is 3. The first kappa shape index (κ1) is 13.0. The Morgan fingerprint density at radius 1 is 1.20 bits per heavy atom. The average Bonchev–Trinajstić information content (AvgIpc) is 2.19. The Morgan fingerprint density at radius 2 is 1.67 bits per heavy atom. The number of carbonyl (C=O) groups is 2.